The van der Waals surface area contributed by atoms with Crippen molar-refractivity contribution in [1.29, 1.82) is 0 Å². The molecule has 2 aromatic heterocycles. The fourth-order valence-corrected chi connectivity index (χ4v) is 5.29. The van der Waals surface area contributed by atoms with Gasteiger partial charge in [0.1, 0.15) is 29.3 Å². The number of likely N-dealkylation sites (tertiary alicyclic amines) is 1. The van der Waals surface area contributed by atoms with E-state index in [1.54, 1.807) is 0 Å². The van der Waals surface area contributed by atoms with Crippen LogP contribution in [0.5, 0.6) is 11.5 Å². The zero-order valence-electron chi connectivity index (χ0n) is 18.3. The number of rotatable bonds is 4. The van der Waals surface area contributed by atoms with Crippen LogP contribution >= 0.6 is 0 Å². The van der Waals surface area contributed by atoms with Gasteiger partial charge in [0.2, 0.25) is 0 Å². The number of carbonyl (C=O) groups excluding carboxylic acids is 1. The quantitative estimate of drug-likeness (QED) is 0.477. The first-order chi connectivity index (χ1) is 16.6. The van der Waals surface area contributed by atoms with Crippen LogP contribution in [0.15, 0.2) is 60.9 Å². The normalized spacial score (nSPS) is 21.0. The van der Waals surface area contributed by atoms with E-state index < -0.39 is 0 Å². The van der Waals surface area contributed by atoms with Gasteiger partial charge in [0.05, 0.1) is 11.4 Å². The van der Waals surface area contributed by atoms with Crippen LogP contribution in [-0.4, -0.2) is 43.1 Å². The van der Waals surface area contributed by atoms with Crippen LogP contribution in [0.3, 0.4) is 0 Å². The molecule has 1 aliphatic heterocycles. The summed E-state index contributed by atoms with van der Waals surface area (Å²) in [7, 11) is 0. The molecule has 168 valence electrons. The number of piperidine rings is 1. The van der Waals surface area contributed by atoms with Gasteiger partial charge in [-0.05, 0) is 55.2 Å². The van der Waals surface area contributed by atoms with Crippen LogP contribution in [0.1, 0.15) is 18.9 Å². The summed E-state index contributed by atoms with van der Waals surface area (Å²) in [6.45, 7) is 0.640. The summed E-state index contributed by atoms with van der Waals surface area (Å²) < 4.78 is 7.89. The minimum Gasteiger partial charge on any atom is -0.457 e. The van der Waals surface area contributed by atoms with Crippen molar-refractivity contribution in [2.75, 3.05) is 12.3 Å². The van der Waals surface area contributed by atoms with Crippen molar-refractivity contribution >= 4 is 22.8 Å². The maximum absolute atomic E-state index is 12.1. The first-order valence-electron chi connectivity index (χ1n) is 11.2. The second kappa shape index (κ2) is 7.89. The monoisotopic (exact) mass is 450 g/mol. The van der Waals surface area contributed by atoms with Crippen molar-refractivity contribution in [3.05, 3.63) is 60.9 Å². The zero-order chi connectivity index (χ0) is 23.2. The Morgan fingerprint density at radius 3 is 2.53 bits per heavy atom. The summed E-state index contributed by atoms with van der Waals surface area (Å²) in [4.78, 5) is 22.6. The summed E-state index contributed by atoms with van der Waals surface area (Å²) in [5.41, 5.74) is 8.63. The topological polar surface area (TPSA) is 99.2 Å². The number of ether oxygens (including phenoxy) is 1. The smallest absolute Gasteiger partial charge is 0.298 e. The highest BCUT2D eigenvalue weighted by Crippen LogP contribution is 2.46. The van der Waals surface area contributed by atoms with Crippen molar-refractivity contribution in [2.45, 2.75) is 24.9 Å². The van der Waals surface area contributed by atoms with Gasteiger partial charge >= 0.3 is 0 Å². The standard InChI is InChI=1S/C26H22N6O2/c1-2-22(33)31-14-17-12-18(31)13-21(17)32-26-23(25(27)28-15-29-26)24(30-32)16-8-10-20(11-9-16)34-19-6-4-3-5-7-19/h1,3-11,15,17-18,21H,12-14H2,(H2,27,28,29)/t17-,18-,21?/m0/s1. The molecular weight excluding hydrogens is 428 g/mol. The van der Waals surface area contributed by atoms with Gasteiger partial charge in [0, 0.05) is 24.1 Å². The third kappa shape index (κ3) is 3.25. The average Bonchev–Trinajstić information content (AvgIpc) is 3.58. The number of benzene rings is 2. The second-order valence-electron chi connectivity index (χ2n) is 8.74. The third-order valence-electron chi connectivity index (χ3n) is 6.83. The Kier molecular flexibility index (Phi) is 4.69. The lowest BCUT2D eigenvalue weighted by atomic mass is 10.0. The molecule has 3 atom stereocenters. The molecule has 1 saturated heterocycles. The lowest BCUT2D eigenvalue weighted by Gasteiger charge is -2.30. The highest BCUT2D eigenvalue weighted by molar-refractivity contribution is 5.98. The Hall–Kier alpha value is -4.38. The van der Waals surface area contributed by atoms with Crippen LogP contribution in [0.25, 0.3) is 22.3 Å². The number of anilines is 1. The summed E-state index contributed by atoms with van der Waals surface area (Å²) in [6.07, 6.45) is 8.52. The molecule has 2 N–H and O–H groups in total. The van der Waals surface area contributed by atoms with E-state index in [9.17, 15) is 4.79 Å². The Balaban J connectivity index is 1.34. The number of carbonyl (C=O) groups is 1. The van der Waals surface area contributed by atoms with Crippen LogP contribution in [0.2, 0.25) is 0 Å². The van der Waals surface area contributed by atoms with Gasteiger partial charge in [0.25, 0.3) is 5.91 Å². The lowest BCUT2D eigenvalue weighted by Crippen LogP contribution is -2.40. The minimum absolute atomic E-state index is 0.123. The maximum Gasteiger partial charge on any atom is 0.298 e. The average molecular weight is 451 g/mol. The van der Waals surface area contributed by atoms with Gasteiger partial charge < -0.3 is 15.4 Å². The van der Waals surface area contributed by atoms with Gasteiger partial charge in [-0.25, -0.2) is 14.6 Å². The number of hydrogen-bond donors (Lipinski definition) is 1. The molecule has 6 rings (SSSR count). The van der Waals surface area contributed by atoms with Gasteiger partial charge in [0.15, 0.2) is 5.65 Å². The predicted molar refractivity (Wildman–Crippen MR) is 128 cm³/mol. The highest BCUT2D eigenvalue weighted by atomic mass is 16.5. The number of nitrogen functional groups attached to an aromatic ring is 1. The molecule has 3 heterocycles. The Morgan fingerprint density at radius 2 is 1.82 bits per heavy atom. The van der Waals surface area contributed by atoms with E-state index in [0.717, 1.165) is 41.0 Å². The molecule has 8 nitrogen and oxygen atoms in total. The molecule has 4 aromatic rings. The number of para-hydroxylation sites is 1. The summed E-state index contributed by atoms with van der Waals surface area (Å²) in [6, 6.07) is 17.6. The van der Waals surface area contributed by atoms with E-state index in [0.29, 0.717) is 18.0 Å². The second-order valence-corrected chi connectivity index (χ2v) is 8.74. The van der Waals surface area contributed by atoms with E-state index in [1.807, 2.05) is 64.2 Å². The molecule has 2 aromatic carbocycles. The Labute approximate surface area is 196 Å². The predicted octanol–water partition coefficient (Wildman–Crippen LogP) is 3.66. The van der Waals surface area contributed by atoms with E-state index in [4.69, 9.17) is 22.0 Å². The van der Waals surface area contributed by atoms with E-state index in [2.05, 4.69) is 15.9 Å². The number of fused-ring (bicyclic) bond motifs is 3. The molecule has 1 amide bonds. The number of nitrogens with zero attached hydrogens (tertiary/aromatic N) is 5. The van der Waals surface area contributed by atoms with Crippen LogP contribution < -0.4 is 10.5 Å². The lowest BCUT2D eigenvalue weighted by molar-refractivity contribution is -0.127. The first-order valence-corrected chi connectivity index (χ1v) is 11.2. The zero-order valence-corrected chi connectivity index (χ0v) is 18.3. The van der Waals surface area contributed by atoms with Gasteiger partial charge in [-0.1, -0.05) is 18.2 Å². The van der Waals surface area contributed by atoms with E-state index >= 15 is 0 Å². The van der Waals surface area contributed by atoms with Crippen molar-refractivity contribution in [3.63, 3.8) is 0 Å². The summed E-state index contributed by atoms with van der Waals surface area (Å²) >= 11 is 0. The van der Waals surface area contributed by atoms with Crippen molar-refractivity contribution in [2.24, 2.45) is 5.92 Å². The molecule has 1 aliphatic carbocycles. The third-order valence-corrected chi connectivity index (χ3v) is 6.83. The summed E-state index contributed by atoms with van der Waals surface area (Å²) in [5, 5.41) is 5.71. The van der Waals surface area contributed by atoms with Crippen LogP contribution in [-0.2, 0) is 4.79 Å². The number of nitrogens with two attached hydrogens (primary N) is 1. The highest BCUT2D eigenvalue weighted by Gasteiger charge is 2.48. The molecule has 2 bridgehead atoms. The van der Waals surface area contributed by atoms with E-state index in [-0.39, 0.29) is 23.9 Å². The fourth-order valence-electron chi connectivity index (χ4n) is 5.29. The molecule has 0 spiro atoms. The number of amides is 1. The van der Waals surface area contributed by atoms with Crippen molar-refractivity contribution in [1.82, 2.24) is 24.6 Å². The molecule has 1 saturated carbocycles. The molecule has 0 radical (unpaired) electrons. The molecular formula is C26H22N6O2. The van der Waals surface area contributed by atoms with E-state index in [1.165, 1.54) is 6.33 Å². The van der Waals surface area contributed by atoms with Crippen molar-refractivity contribution < 1.29 is 9.53 Å². The summed E-state index contributed by atoms with van der Waals surface area (Å²) in [5.74, 6) is 4.18. The number of aromatic nitrogens is 4. The maximum atomic E-state index is 12.1. The minimum atomic E-state index is -0.235. The number of terminal acetylenes is 1. The van der Waals surface area contributed by atoms with Crippen molar-refractivity contribution in [3.8, 4) is 35.1 Å². The van der Waals surface area contributed by atoms with Crippen LogP contribution in [0.4, 0.5) is 5.82 Å². The number of hydrogen-bond acceptors (Lipinski definition) is 6. The van der Waals surface area contributed by atoms with Gasteiger partial charge in [-0.15, -0.1) is 6.42 Å². The largest absolute Gasteiger partial charge is 0.457 e. The molecule has 2 fully saturated rings. The molecule has 34 heavy (non-hydrogen) atoms. The Bertz CT molecular complexity index is 1420. The van der Waals surface area contributed by atoms with Gasteiger partial charge in [-0.3, -0.25) is 4.79 Å². The van der Waals surface area contributed by atoms with Gasteiger partial charge in [-0.2, -0.15) is 5.10 Å². The van der Waals surface area contributed by atoms with Crippen LogP contribution in [0, 0.1) is 18.3 Å². The molecule has 1 unspecified atom stereocenters. The Morgan fingerprint density at radius 1 is 1.06 bits per heavy atom. The first kappa shape index (κ1) is 20.2. The SMILES string of the molecule is C#CC(=O)N1C[C@@H]2C[C@H]1CC2n1nc(-c2ccc(Oc3ccccc3)cc2)c2c(N)ncnc21. The fraction of sp³-hybridized carbons (Fsp3) is 0.231. The molecule has 2 aliphatic rings. The molecule has 8 heteroatoms.